The highest BCUT2D eigenvalue weighted by atomic mass is 16.4. The Balaban J connectivity index is 2.28. The molecule has 0 unspecified atom stereocenters. The number of carboxylic acids is 1. The van der Waals surface area contributed by atoms with Crippen molar-refractivity contribution in [2.45, 2.75) is 31.6 Å². The van der Waals surface area contributed by atoms with Gasteiger partial charge in [-0.25, -0.2) is 9.78 Å². The van der Waals surface area contributed by atoms with Gasteiger partial charge in [-0.2, -0.15) is 0 Å². The molecule has 1 aliphatic rings. The average Bonchev–Trinajstić information content (AvgIpc) is 2.71. The van der Waals surface area contributed by atoms with Crippen molar-refractivity contribution in [1.82, 2.24) is 9.55 Å². The van der Waals surface area contributed by atoms with E-state index in [9.17, 15) is 4.79 Å². The molecule has 0 saturated heterocycles. The highest BCUT2D eigenvalue weighted by molar-refractivity contribution is 5.85. The Morgan fingerprint density at radius 1 is 1.57 bits per heavy atom. The van der Waals surface area contributed by atoms with Gasteiger partial charge in [-0.1, -0.05) is 12.8 Å². The van der Waals surface area contributed by atoms with Gasteiger partial charge in [0.15, 0.2) is 5.69 Å². The van der Waals surface area contributed by atoms with Crippen LogP contribution >= 0.6 is 0 Å². The van der Waals surface area contributed by atoms with Crippen molar-refractivity contribution in [1.29, 1.82) is 0 Å². The number of hydrogen-bond donors (Lipinski definition) is 1. The summed E-state index contributed by atoms with van der Waals surface area (Å²) < 4.78 is 1.85. The van der Waals surface area contributed by atoms with E-state index in [-0.39, 0.29) is 5.69 Å². The Morgan fingerprint density at radius 3 is 2.71 bits per heavy atom. The molecular weight excluding hydrogens is 180 g/mol. The van der Waals surface area contributed by atoms with Gasteiger partial charge in [0, 0.05) is 19.2 Å². The lowest BCUT2D eigenvalue weighted by atomic mass is 10.1. The summed E-state index contributed by atoms with van der Waals surface area (Å²) in [6.45, 7) is 0. The lowest BCUT2D eigenvalue weighted by molar-refractivity contribution is 0.0691. The fourth-order valence-electron chi connectivity index (χ4n) is 2.15. The Labute approximate surface area is 82.6 Å². The largest absolute Gasteiger partial charge is 0.476 e. The highest BCUT2D eigenvalue weighted by Crippen LogP contribution is 2.33. The molecule has 14 heavy (non-hydrogen) atoms. The first-order chi connectivity index (χ1) is 6.68. The molecule has 0 aromatic carbocycles. The monoisotopic (exact) mass is 194 g/mol. The van der Waals surface area contributed by atoms with Crippen LogP contribution in [0.5, 0.6) is 0 Å². The molecule has 1 fully saturated rings. The van der Waals surface area contributed by atoms with Crippen LogP contribution in [-0.2, 0) is 7.05 Å². The summed E-state index contributed by atoms with van der Waals surface area (Å²) >= 11 is 0. The molecule has 0 spiro atoms. The zero-order chi connectivity index (χ0) is 10.1. The molecule has 1 heterocycles. The van der Waals surface area contributed by atoms with Gasteiger partial charge in [0.25, 0.3) is 0 Å². The summed E-state index contributed by atoms with van der Waals surface area (Å²) in [5.74, 6) is 0.456. The summed E-state index contributed by atoms with van der Waals surface area (Å²) in [7, 11) is 1.87. The number of imidazole rings is 1. The fraction of sp³-hybridized carbons (Fsp3) is 0.600. The predicted octanol–water partition coefficient (Wildman–Crippen LogP) is 1.78. The zero-order valence-corrected chi connectivity index (χ0v) is 8.23. The maximum atomic E-state index is 10.7. The van der Waals surface area contributed by atoms with Gasteiger partial charge in [-0.05, 0) is 12.8 Å². The first-order valence-electron chi connectivity index (χ1n) is 4.95. The second-order valence-electron chi connectivity index (χ2n) is 3.88. The van der Waals surface area contributed by atoms with Crippen LogP contribution in [0.1, 0.15) is 47.9 Å². The summed E-state index contributed by atoms with van der Waals surface area (Å²) in [6.07, 6.45) is 6.35. The first-order valence-corrected chi connectivity index (χ1v) is 4.95. The second kappa shape index (κ2) is 3.44. The molecular formula is C10H14N2O2. The lowest BCUT2D eigenvalue weighted by Gasteiger charge is -2.07. The maximum absolute atomic E-state index is 10.7. The summed E-state index contributed by atoms with van der Waals surface area (Å²) in [6, 6.07) is 0. The van der Waals surface area contributed by atoms with Gasteiger partial charge >= 0.3 is 5.97 Å². The molecule has 76 valence electrons. The van der Waals surface area contributed by atoms with Crippen molar-refractivity contribution in [3.8, 4) is 0 Å². The van der Waals surface area contributed by atoms with Crippen LogP contribution < -0.4 is 0 Å². The van der Waals surface area contributed by atoms with Crippen LogP contribution in [0.4, 0.5) is 0 Å². The molecule has 0 aliphatic heterocycles. The molecule has 1 aromatic rings. The predicted molar refractivity (Wildman–Crippen MR) is 51.4 cm³/mol. The van der Waals surface area contributed by atoms with Crippen molar-refractivity contribution in [2.24, 2.45) is 7.05 Å². The number of nitrogens with zero attached hydrogens (tertiary/aromatic N) is 2. The number of aromatic nitrogens is 2. The number of carboxylic acid groups (broad SMARTS) is 1. The third-order valence-electron chi connectivity index (χ3n) is 2.85. The number of aromatic carboxylic acids is 1. The van der Waals surface area contributed by atoms with E-state index in [0.29, 0.717) is 5.92 Å². The standard InChI is InChI=1S/C10H14N2O2/c1-12-6-8(10(13)14)11-9(12)7-4-2-3-5-7/h6-7H,2-5H2,1H3,(H,13,14). The van der Waals surface area contributed by atoms with Crippen LogP contribution in [0.15, 0.2) is 6.20 Å². The number of rotatable bonds is 2. The van der Waals surface area contributed by atoms with E-state index < -0.39 is 5.97 Å². The third kappa shape index (κ3) is 1.52. The van der Waals surface area contributed by atoms with Gasteiger partial charge in [-0.15, -0.1) is 0 Å². The molecule has 1 saturated carbocycles. The molecule has 2 rings (SSSR count). The smallest absolute Gasteiger partial charge is 0.356 e. The van der Waals surface area contributed by atoms with E-state index in [1.165, 1.54) is 12.8 Å². The molecule has 1 N–H and O–H groups in total. The van der Waals surface area contributed by atoms with Crippen LogP contribution in [0.3, 0.4) is 0 Å². The number of aryl methyl sites for hydroxylation is 1. The second-order valence-corrected chi connectivity index (χ2v) is 3.88. The van der Waals surface area contributed by atoms with Crippen molar-refractivity contribution in [2.75, 3.05) is 0 Å². The van der Waals surface area contributed by atoms with Crippen molar-refractivity contribution < 1.29 is 9.90 Å². The lowest BCUT2D eigenvalue weighted by Crippen LogP contribution is -2.02. The molecule has 4 heteroatoms. The van der Waals surface area contributed by atoms with Gasteiger partial charge in [0.2, 0.25) is 0 Å². The summed E-state index contributed by atoms with van der Waals surface area (Å²) in [5.41, 5.74) is 0.161. The minimum absolute atomic E-state index is 0.161. The molecule has 0 bridgehead atoms. The highest BCUT2D eigenvalue weighted by Gasteiger charge is 2.22. The summed E-state index contributed by atoms with van der Waals surface area (Å²) in [4.78, 5) is 14.9. The molecule has 1 aliphatic carbocycles. The number of hydrogen-bond acceptors (Lipinski definition) is 2. The third-order valence-corrected chi connectivity index (χ3v) is 2.85. The van der Waals surface area contributed by atoms with Crippen LogP contribution in [0, 0.1) is 0 Å². The fourth-order valence-corrected chi connectivity index (χ4v) is 2.15. The Bertz CT molecular complexity index is 351. The molecule has 4 nitrogen and oxygen atoms in total. The average molecular weight is 194 g/mol. The van der Waals surface area contributed by atoms with Gasteiger partial charge in [0.05, 0.1) is 0 Å². The normalized spacial score (nSPS) is 17.5. The van der Waals surface area contributed by atoms with Crippen molar-refractivity contribution in [3.05, 3.63) is 17.7 Å². The van der Waals surface area contributed by atoms with E-state index in [1.807, 2.05) is 11.6 Å². The molecule has 1 aromatic heterocycles. The number of carbonyl (C=O) groups is 1. The minimum atomic E-state index is -0.940. The van der Waals surface area contributed by atoms with E-state index in [0.717, 1.165) is 18.7 Å². The van der Waals surface area contributed by atoms with Crippen LogP contribution in [0.25, 0.3) is 0 Å². The Morgan fingerprint density at radius 2 is 2.21 bits per heavy atom. The van der Waals surface area contributed by atoms with Gasteiger partial charge in [-0.3, -0.25) is 0 Å². The van der Waals surface area contributed by atoms with Gasteiger partial charge in [0.1, 0.15) is 5.82 Å². The first kappa shape index (κ1) is 9.24. The Hall–Kier alpha value is -1.32. The van der Waals surface area contributed by atoms with Crippen molar-refractivity contribution >= 4 is 5.97 Å². The van der Waals surface area contributed by atoms with Crippen LogP contribution in [-0.4, -0.2) is 20.6 Å². The van der Waals surface area contributed by atoms with Gasteiger partial charge < -0.3 is 9.67 Å². The minimum Gasteiger partial charge on any atom is -0.476 e. The quantitative estimate of drug-likeness (QED) is 0.780. The summed E-state index contributed by atoms with van der Waals surface area (Å²) in [5, 5.41) is 8.79. The van der Waals surface area contributed by atoms with Crippen LogP contribution in [0.2, 0.25) is 0 Å². The zero-order valence-electron chi connectivity index (χ0n) is 8.23. The SMILES string of the molecule is Cn1cc(C(=O)O)nc1C1CCCC1. The Kier molecular flexibility index (Phi) is 2.27. The molecule has 0 amide bonds. The van der Waals surface area contributed by atoms with E-state index >= 15 is 0 Å². The maximum Gasteiger partial charge on any atom is 0.356 e. The van der Waals surface area contributed by atoms with Crippen molar-refractivity contribution in [3.63, 3.8) is 0 Å². The van der Waals surface area contributed by atoms with E-state index in [4.69, 9.17) is 5.11 Å². The molecule has 0 radical (unpaired) electrons. The topological polar surface area (TPSA) is 55.1 Å². The van der Waals surface area contributed by atoms with E-state index in [1.54, 1.807) is 6.20 Å². The molecule has 0 atom stereocenters. The van der Waals surface area contributed by atoms with E-state index in [2.05, 4.69) is 4.98 Å².